The van der Waals surface area contributed by atoms with Crippen LogP contribution >= 0.6 is 19.2 Å². The van der Waals surface area contributed by atoms with E-state index in [1.54, 1.807) is 19.3 Å². The first kappa shape index (κ1) is 11.8. The molecule has 4 rings (SSSR count). The van der Waals surface area contributed by atoms with Gasteiger partial charge in [-0.2, -0.15) is 0 Å². The third-order valence-corrected chi connectivity index (χ3v) is 7.46. The number of halogens is 1. The van der Waals surface area contributed by atoms with Gasteiger partial charge in [0.2, 0.25) is 0 Å². The standard InChI is InChI=1S/C14H24ClP/c1-13(2,16-15)9-14-6-10-3-11(7-14)5-12(4-10)8-14/h10-12,16H,3-9H2,1-2H3. The van der Waals surface area contributed by atoms with Crippen LogP contribution in [0.2, 0.25) is 0 Å². The summed E-state index contributed by atoms with van der Waals surface area (Å²) in [7, 11) is 0.588. The molecule has 0 radical (unpaired) electrons. The summed E-state index contributed by atoms with van der Waals surface area (Å²) < 4.78 is 0. The van der Waals surface area contributed by atoms with Crippen LogP contribution in [-0.4, -0.2) is 5.16 Å². The summed E-state index contributed by atoms with van der Waals surface area (Å²) in [5.74, 6) is 3.25. The van der Waals surface area contributed by atoms with Crippen molar-refractivity contribution in [2.24, 2.45) is 23.2 Å². The molecule has 0 spiro atoms. The minimum absolute atomic E-state index is 0.382. The van der Waals surface area contributed by atoms with Crippen molar-refractivity contribution in [1.29, 1.82) is 0 Å². The van der Waals surface area contributed by atoms with Crippen molar-refractivity contribution in [3.63, 3.8) is 0 Å². The molecule has 0 nitrogen and oxygen atoms in total. The predicted octanol–water partition coefficient (Wildman–Crippen LogP) is 5.20. The average Bonchev–Trinajstić information content (AvgIpc) is 2.13. The van der Waals surface area contributed by atoms with Crippen LogP contribution in [0.5, 0.6) is 0 Å². The number of hydrogen-bond acceptors (Lipinski definition) is 0. The molecule has 0 amide bonds. The molecule has 4 aliphatic rings. The molecule has 0 N–H and O–H groups in total. The number of hydrogen-bond donors (Lipinski definition) is 0. The van der Waals surface area contributed by atoms with E-state index in [1.165, 1.54) is 25.7 Å². The Balaban J connectivity index is 1.78. The second-order valence-electron chi connectivity index (χ2n) is 7.57. The molecule has 0 aromatic heterocycles. The van der Waals surface area contributed by atoms with Gasteiger partial charge in [0.15, 0.2) is 0 Å². The van der Waals surface area contributed by atoms with Gasteiger partial charge >= 0.3 is 0 Å². The Morgan fingerprint density at radius 1 is 1.06 bits per heavy atom. The van der Waals surface area contributed by atoms with Crippen LogP contribution < -0.4 is 0 Å². The Morgan fingerprint density at radius 2 is 1.50 bits per heavy atom. The molecular weight excluding hydrogens is 235 g/mol. The molecule has 0 aliphatic heterocycles. The Bertz CT molecular complexity index is 249. The Hall–Kier alpha value is 0.720. The molecule has 0 heterocycles. The van der Waals surface area contributed by atoms with Crippen LogP contribution in [-0.2, 0) is 0 Å². The first-order valence-corrected chi connectivity index (χ1v) is 8.89. The van der Waals surface area contributed by atoms with Crippen molar-refractivity contribution in [2.75, 3.05) is 0 Å². The fraction of sp³-hybridized carbons (Fsp3) is 1.00. The van der Waals surface area contributed by atoms with Crippen LogP contribution in [0.1, 0.15) is 58.8 Å². The quantitative estimate of drug-likeness (QED) is 0.610. The Morgan fingerprint density at radius 3 is 1.88 bits per heavy atom. The summed E-state index contributed by atoms with van der Waals surface area (Å²) in [6, 6.07) is 0. The molecular formula is C14H24ClP. The highest BCUT2D eigenvalue weighted by Gasteiger charge is 2.52. The van der Waals surface area contributed by atoms with Gasteiger partial charge in [-0.05, 0) is 81.2 Å². The van der Waals surface area contributed by atoms with Gasteiger partial charge in [-0.3, -0.25) is 0 Å². The molecule has 4 aliphatic carbocycles. The highest BCUT2D eigenvalue weighted by atomic mass is 35.7. The van der Waals surface area contributed by atoms with Crippen molar-refractivity contribution in [1.82, 2.24) is 0 Å². The zero-order valence-corrected chi connectivity index (χ0v) is 12.3. The minimum atomic E-state index is 0.382. The zero-order valence-electron chi connectivity index (χ0n) is 10.6. The normalized spacial score (nSPS) is 47.1. The van der Waals surface area contributed by atoms with Crippen LogP contribution in [0.15, 0.2) is 0 Å². The van der Waals surface area contributed by atoms with Crippen LogP contribution in [0, 0.1) is 23.2 Å². The minimum Gasteiger partial charge on any atom is -0.0995 e. The van der Waals surface area contributed by atoms with Gasteiger partial charge < -0.3 is 0 Å². The van der Waals surface area contributed by atoms with Crippen molar-refractivity contribution in [3.05, 3.63) is 0 Å². The van der Waals surface area contributed by atoms with E-state index in [0.717, 1.165) is 17.8 Å². The van der Waals surface area contributed by atoms with Crippen molar-refractivity contribution in [3.8, 4) is 0 Å². The molecule has 1 unspecified atom stereocenters. The molecule has 1 atom stereocenters. The van der Waals surface area contributed by atoms with Crippen LogP contribution in [0.4, 0.5) is 0 Å². The molecule has 0 saturated heterocycles. The summed E-state index contributed by atoms with van der Waals surface area (Å²) in [5, 5.41) is 0.382. The van der Waals surface area contributed by atoms with E-state index in [9.17, 15) is 0 Å². The highest BCUT2D eigenvalue weighted by molar-refractivity contribution is 7.69. The lowest BCUT2D eigenvalue weighted by atomic mass is 9.48. The topological polar surface area (TPSA) is 0 Å². The second kappa shape index (κ2) is 3.86. The lowest BCUT2D eigenvalue weighted by Gasteiger charge is -2.58. The third-order valence-electron chi connectivity index (χ3n) is 5.24. The summed E-state index contributed by atoms with van der Waals surface area (Å²) >= 11 is 6.16. The highest BCUT2D eigenvalue weighted by Crippen LogP contribution is 2.63. The van der Waals surface area contributed by atoms with E-state index in [4.69, 9.17) is 11.2 Å². The molecule has 92 valence electrons. The molecule has 0 aromatic rings. The van der Waals surface area contributed by atoms with E-state index in [1.807, 2.05) is 0 Å². The predicted molar refractivity (Wildman–Crippen MR) is 73.5 cm³/mol. The summed E-state index contributed by atoms with van der Waals surface area (Å²) in [6.07, 6.45) is 10.7. The molecule has 4 bridgehead atoms. The van der Waals surface area contributed by atoms with Gasteiger partial charge in [0.1, 0.15) is 0 Å². The lowest BCUT2D eigenvalue weighted by Crippen LogP contribution is -2.48. The van der Waals surface area contributed by atoms with Crippen molar-refractivity contribution in [2.45, 2.75) is 63.9 Å². The Labute approximate surface area is 106 Å². The largest absolute Gasteiger partial charge is 0.0995 e. The fourth-order valence-electron chi connectivity index (χ4n) is 5.48. The van der Waals surface area contributed by atoms with E-state index < -0.39 is 0 Å². The fourth-order valence-corrected chi connectivity index (χ4v) is 6.12. The van der Waals surface area contributed by atoms with Gasteiger partial charge in [-0.15, -0.1) is 0 Å². The molecule has 0 aromatic carbocycles. The van der Waals surface area contributed by atoms with Gasteiger partial charge in [-0.1, -0.05) is 25.1 Å². The Kier molecular flexibility index (Phi) is 2.84. The van der Waals surface area contributed by atoms with Gasteiger partial charge in [-0.25, -0.2) is 0 Å². The molecule has 2 heteroatoms. The van der Waals surface area contributed by atoms with Gasteiger partial charge in [0.05, 0.1) is 0 Å². The van der Waals surface area contributed by atoms with E-state index >= 15 is 0 Å². The summed E-state index contributed by atoms with van der Waals surface area (Å²) in [6.45, 7) is 4.74. The van der Waals surface area contributed by atoms with Gasteiger partial charge in [0, 0.05) is 0 Å². The first-order chi connectivity index (χ1) is 7.50. The van der Waals surface area contributed by atoms with Crippen LogP contribution in [0.25, 0.3) is 0 Å². The SMILES string of the molecule is CC(C)(CC12CC3CC(CC(C3)C1)C2)PCl. The second-order valence-corrected chi connectivity index (χ2v) is 9.68. The average molecular weight is 259 g/mol. The monoisotopic (exact) mass is 258 g/mol. The van der Waals surface area contributed by atoms with Crippen molar-refractivity contribution >= 4 is 19.2 Å². The summed E-state index contributed by atoms with van der Waals surface area (Å²) in [4.78, 5) is 0. The van der Waals surface area contributed by atoms with E-state index in [2.05, 4.69) is 13.8 Å². The molecule has 4 saturated carbocycles. The van der Waals surface area contributed by atoms with Crippen LogP contribution in [0.3, 0.4) is 0 Å². The lowest BCUT2D eigenvalue weighted by molar-refractivity contribution is -0.0609. The molecule has 16 heavy (non-hydrogen) atoms. The zero-order chi connectivity index (χ0) is 11.4. The summed E-state index contributed by atoms with van der Waals surface area (Å²) in [5.41, 5.74) is 0.708. The maximum absolute atomic E-state index is 6.16. The molecule has 4 fully saturated rings. The maximum atomic E-state index is 6.16. The van der Waals surface area contributed by atoms with E-state index in [0.29, 0.717) is 18.5 Å². The third kappa shape index (κ3) is 2.05. The first-order valence-electron chi connectivity index (χ1n) is 6.88. The van der Waals surface area contributed by atoms with E-state index in [-0.39, 0.29) is 0 Å². The van der Waals surface area contributed by atoms with Gasteiger partial charge in [0.25, 0.3) is 0 Å². The smallest absolute Gasteiger partial charge is 0.00348 e. The maximum Gasteiger partial charge on any atom is -0.00348 e. The number of rotatable bonds is 3. The van der Waals surface area contributed by atoms with Crippen molar-refractivity contribution < 1.29 is 0 Å².